The minimum Gasteiger partial charge on any atom is -0.508 e. The van der Waals surface area contributed by atoms with E-state index >= 15 is 0 Å². The summed E-state index contributed by atoms with van der Waals surface area (Å²) < 4.78 is 0. The van der Waals surface area contributed by atoms with E-state index in [-0.39, 0.29) is 5.75 Å². The number of aliphatic hydroxyl groups excluding tert-OH is 1. The average Bonchev–Trinajstić information content (AvgIpc) is 2.19. The predicted molar refractivity (Wildman–Crippen MR) is 56.1 cm³/mol. The number of aliphatic hydroxyl groups is 1. The van der Waals surface area contributed by atoms with Gasteiger partial charge < -0.3 is 15.9 Å². The molecule has 0 spiro atoms. The second kappa shape index (κ2) is 4.44. The van der Waals surface area contributed by atoms with Gasteiger partial charge in [-0.1, -0.05) is 24.6 Å². The van der Waals surface area contributed by atoms with Crippen molar-refractivity contribution in [3.63, 3.8) is 0 Å². The Kier molecular flexibility index (Phi) is 3.49. The lowest BCUT2D eigenvalue weighted by Gasteiger charge is -2.19. The van der Waals surface area contributed by atoms with Crippen LogP contribution in [-0.4, -0.2) is 16.3 Å². The first-order chi connectivity index (χ1) is 6.56. The van der Waals surface area contributed by atoms with Crippen molar-refractivity contribution in [1.29, 1.82) is 0 Å². The Bertz CT molecular complexity index is 312. The van der Waals surface area contributed by atoms with Gasteiger partial charge in [-0.05, 0) is 19.4 Å². The molecule has 14 heavy (non-hydrogen) atoms. The Labute approximate surface area is 84.2 Å². The van der Waals surface area contributed by atoms with Crippen LogP contribution in [0.1, 0.15) is 30.5 Å². The molecule has 0 aliphatic heterocycles. The van der Waals surface area contributed by atoms with E-state index in [1.807, 2.05) is 19.9 Å². The lowest BCUT2D eigenvalue weighted by molar-refractivity contribution is 0.139. The molecule has 3 nitrogen and oxygen atoms in total. The quantitative estimate of drug-likeness (QED) is 0.684. The second-order valence-electron chi connectivity index (χ2n) is 3.56. The van der Waals surface area contributed by atoms with Crippen LogP contribution in [0, 0.1) is 6.92 Å². The molecular formula is C11H17NO2. The van der Waals surface area contributed by atoms with Gasteiger partial charge in [0.2, 0.25) is 0 Å². The van der Waals surface area contributed by atoms with Gasteiger partial charge in [0, 0.05) is 5.56 Å². The average molecular weight is 195 g/mol. The van der Waals surface area contributed by atoms with E-state index in [1.54, 1.807) is 12.1 Å². The van der Waals surface area contributed by atoms with E-state index in [0.717, 1.165) is 5.56 Å². The minimum absolute atomic E-state index is 0.149. The minimum atomic E-state index is -0.609. The van der Waals surface area contributed by atoms with Crippen molar-refractivity contribution in [2.24, 2.45) is 5.73 Å². The first-order valence-electron chi connectivity index (χ1n) is 4.79. The summed E-state index contributed by atoms with van der Waals surface area (Å²) in [6, 6.07) is 4.70. The number of phenolic OH excluding ortho intramolecular Hbond substituents is 1. The molecular weight excluding hydrogens is 178 g/mol. The summed E-state index contributed by atoms with van der Waals surface area (Å²) in [5, 5.41) is 19.1. The number of aryl methyl sites for hydroxylation is 1. The van der Waals surface area contributed by atoms with Crippen molar-refractivity contribution in [2.45, 2.75) is 32.4 Å². The molecule has 4 N–H and O–H groups in total. The summed E-state index contributed by atoms with van der Waals surface area (Å²) in [5.41, 5.74) is 7.44. The molecule has 0 aliphatic carbocycles. The van der Waals surface area contributed by atoms with Crippen molar-refractivity contribution in [1.82, 2.24) is 0 Å². The van der Waals surface area contributed by atoms with Gasteiger partial charge in [-0.25, -0.2) is 0 Å². The van der Waals surface area contributed by atoms with Crippen LogP contribution in [0.25, 0.3) is 0 Å². The Morgan fingerprint density at radius 1 is 1.43 bits per heavy atom. The molecule has 0 amide bonds. The topological polar surface area (TPSA) is 66.5 Å². The normalized spacial score (nSPS) is 15.1. The Balaban J connectivity index is 2.99. The lowest BCUT2D eigenvalue weighted by atomic mass is 9.98. The van der Waals surface area contributed by atoms with Crippen LogP contribution < -0.4 is 5.73 Å². The summed E-state index contributed by atoms with van der Waals surface area (Å²) in [5.74, 6) is 0.149. The molecule has 0 radical (unpaired) electrons. The summed E-state index contributed by atoms with van der Waals surface area (Å²) in [6.07, 6.45) is -0.0307. The Morgan fingerprint density at radius 3 is 2.64 bits per heavy atom. The molecule has 3 heteroatoms. The molecule has 2 atom stereocenters. The number of hydrogen-bond donors (Lipinski definition) is 3. The molecule has 0 unspecified atom stereocenters. The molecule has 0 saturated carbocycles. The SMILES string of the molecule is CC[C@@H](O)[C@@H](N)c1cc(C)ccc1O. The summed E-state index contributed by atoms with van der Waals surface area (Å²) in [4.78, 5) is 0. The smallest absolute Gasteiger partial charge is 0.120 e. The van der Waals surface area contributed by atoms with E-state index in [0.29, 0.717) is 12.0 Å². The van der Waals surface area contributed by atoms with Gasteiger partial charge in [0.25, 0.3) is 0 Å². The number of benzene rings is 1. The second-order valence-corrected chi connectivity index (χ2v) is 3.56. The highest BCUT2D eigenvalue weighted by molar-refractivity contribution is 5.38. The van der Waals surface area contributed by atoms with Crippen molar-refractivity contribution < 1.29 is 10.2 Å². The fraction of sp³-hybridized carbons (Fsp3) is 0.455. The number of nitrogens with two attached hydrogens (primary N) is 1. The van der Waals surface area contributed by atoms with Crippen LogP contribution >= 0.6 is 0 Å². The fourth-order valence-corrected chi connectivity index (χ4v) is 1.40. The molecule has 1 aromatic rings. The third kappa shape index (κ3) is 2.25. The summed E-state index contributed by atoms with van der Waals surface area (Å²) in [6.45, 7) is 3.78. The third-order valence-electron chi connectivity index (χ3n) is 2.37. The van der Waals surface area contributed by atoms with Gasteiger partial charge in [-0.2, -0.15) is 0 Å². The largest absolute Gasteiger partial charge is 0.508 e. The van der Waals surface area contributed by atoms with Crippen molar-refractivity contribution in [3.05, 3.63) is 29.3 Å². The highest BCUT2D eigenvalue weighted by Gasteiger charge is 2.17. The van der Waals surface area contributed by atoms with Crippen LogP contribution in [0.15, 0.2) is 18.2 Å². The monoisotopic (exact) mass is 195 g/mol. The molecule has 0 bridgehead atoms. The van der Waals surface area contributed by atoms with Gasteiger partial charge in [0.15, 0.2) is 0 Å². The van der Waals surface area contributed by atoms with E-state index < -0.39 is 12.1 Å². The number of rotatable bonds is 3. The number of phenols is 1. The van der Waals surface area contributed by atoms with Crippen LogP contribution in [0.2, 0.25) is 0 Å². The van der Waals surface area contributed by atoms with Crippen LogP contribution in [0.5, 0.6) is 5.75 Å². The molecule has 78 valence electrons. The fourth-order valence-electron chi connectivity index (χ4n) is 1.40. The molecule has 0 saturated heterocycles. The maximum absolute atomic E-state index is 9.56. The zero-order valence-corrected chi connectivity index (χ0v) is 8.57. The van der Waals surface area contributed by atoms with E-state index in [2.05, 4.69) is 0 Å². The van der Waals surface area contributed by atoms with E-state index in [1.165, 1.54) is 0 Å². The highest BCUT2D eigenvalue weighted by Crippen LogP contribution is 2.26. The first kappa shape index (κ1) is 11.0. The Hall–Kier alpha value is -1.06. The molecule has 0 heterocycles. The maximum Gasteiger partial charge on any atom is 0.120 e. The maximum atomic E-state index is 9.56. The van der Waals surface area contributed by atoms with Crippen molar-refractivity contribution in [3.8, 4) is 5.75 Å². The van der Waals surface area contributed by atoms with E-state index in [4.69, 9.17) is 5.73 Å². The Morgan fingerprint density at radius 2 is 2.07 bits per heavy atom. The first-order valence-corrected chi connectivity index (χ1v) is 4.79. The van der Waals surface area contributed by atoms with Gasteiger partial charge in [0.05, 0.1) is 12.1 Å². The standard InChI is InChI=1S/C11H17NO2/c1-3-9(13)11(12)8-6-7(2)4-5-10(8)14/h4-6,9,11,13-14H,3,12H2,1-2H3/t9-,11+/m1/s1. The zero-order chi connectivity index (χ0) is 10.7. The van der Waals surface area contributed by atoms with E-state index in [9.17, 15) is 10.2 Å². The third-order valence-corrected chi connectivity index (χ3v) is 2.37. The predicted octanol–water partition coefficient (Wildman–Crippen LogP) is 1.47. The molecule has 0 aliphatic rings. The van der Waals surface area contributed by atoms with Crippen LogP contribution in [-0.2, 0) is 0 Å². The van der Waals surface area contributed by atoms with Crippen molar-refractivity contribution in [2.75, 3.05) is 0 Å². The molecule has 1 aromatic carbocycles. The van der Waals surface area contributed by atoms with Crippen molar-refractivity contribution >= 4 is 0 Å². The van der Waals surface area contributed by atoms with Gasteiger partial charge in [-0.15, -0.1) is 0 Å². The van der Waals surface area contributed by atoms with Crippen LogP contribution in [0.3, 0.4) is 0 Å². The molecule has 0 aromatic heterocycles. The van der Waals surface area contributed by atoms with Gasteiger partial charge in [-0.3, -0.25) is 0 Å². The van der Waals surface area contributed by atoms with Crippen LogP contribution in [0.4, 0.5) is 0 Å². The highest BCUT2D eigenvalue weighted by atomic mass is 16.3. The molecule has 1 rings (SSSR count). The number of aromatic hydroxyl groups is 1. The molecule has 0 fully saturated rings. The summed E-state index contributed by atoms with van der Waals surface area (Å²) >= 11 is 0. The summed E-state index contributed by atoms with van der Waals surface area (Å²) in [7, 11) is 0. The lowest BCUT2D eigenvalue weighted by Crippen LogP contribution is -2.25. The number of hydrogen-bond acceptors (Lipinski definition) is 3. The zero-order valence-electron chi connectivity index (χ0n) is 8.57. The van der Waals surface area contributed by atoms with Gasteiger partial charge >= 0.3 is 0 Å². The van der Waals surface area contributed by atoms with Gasteiger partial charge in [0.1, 0.15) is 5.75 Å².